The average molecular weight is 341 g/mol. The predicted octanol–water partition coefficient (Wildman–Crippen LogP) is 5.48. The number of aromatic nitrogens is 1. The number of aliphatic hydroxyl groups is 1. The fraction of sp³-hybridized carbons (Fsp3) is 0.188. The summed E-state index contributed by atoms with van der Waals surface area (Å²) >= 11 is 12.3. The van der Waals surface area contributed by atoms with Crippen molar-refractivity contribution in [3.05, 3.63) is 65.5 Å². The van der Waals surface area contributed by atoms with Gasteiger partial charge in [-0.25, -0.2) is 0 Å². The highest BCUT2D eigenvalue weighted by atomic mass is 35.9. The van der Waals surface area contributed by atoms with Gasteiger partial charge < -0.3 is 5.11 Å². The maximum atomic E-state index is 10.6. The molecule has 2 nitrogen and oxygen atoms in total. The average Bonchev–Trinajstić information content (AvgIpc) is 2.49. The molecule has 0 atom stereocenters. The van der Waals surface area contributed by atoms with Crippen LogP contribution in [-0.2, 0) is 6.42 Å². The molecule has 0 saturated heterocycles. The van der Waals surface area contributed by atoms with Crippen LogP contribution in [0.3, 0.4) is 0 Å². The number of aryl methyl sites for hydroxylation is 2. The van der Waals surface area contributed by atoms with Crippen LogP contribution in [0.5, 0.6) is 0 Å². The summed E-state index contributed by atoms with van der Waals surface area (Å²) in [6, 6.07) is 13.4. The van der Waals surface area contributed by atoms with Crippen molar-refractivity contribution in [2.24, 2.45) is 0 Å². The minimum Gasteiger partial charge on any atom is -0.502 e. The first-order valence-electron chi connectivity index (χ1n) is 6.66. The van der Waals surface area contributed by atoms with Crippen LogP contribution in [0.1, 0.15) is 23.7 Å². The maximum absolute atomic E-state index is 10.6. The number of aliphatic hydroxyl groups excluding tert-OH is 1. The first-order valence-corrected chi connectivity index (χ1v) is 9.81. The van der Waals surface area contributed by atoms with Crippen molar-refractivity contribution >= 4 is 40.3 Å². The Labute approximate surface area is 136 Å². The molecule has 1 N–H and O–H groups in total. The molecule has 1 aromatic heterocycles. The molecule has 0 radical (unpaired) electrons. The highest BCUT2D eigenvalue weighted by molar-refractivity contribution is 8.10. The van der Waals surface area contributed by atoms with Crippen molar-refractivity contribution < 1.29 is 9.67 Å². The van der Waals surface area contributed by atoms with Gasteiger partial charge in [0.15, 0.2) is 24.3 Å². The molecule has 5 heteroatoms. The molecular formula is C16H17Cl2NOP+. The highest BCUT2D eigenvalue weighted by Crippen LogP contribution is 2.56. The summed E-state index contributed by atoms with van der Waals surface area (Å²) in [6.07, 6.45) is 2.87. The van der Waals surface area contributed by atoms with Crippen molar-refractivity contribution in [3.8, 4) is 0 Å². The molecular weight excluding hydrogens is 324 g/mol. The van der Waals surface area contributed by atoms with E-state index in [1.807, 2.05) is 54.1 Å². The molecule has 0 unspecified atom stereocenters. The summed E-state index contributed by atoms with van der Waals surface area (Å²) in [5, 5.41) is 10.6. The van der Waals surface area contributed by atoms with Crippen LogP contribution < -0.4 is 4.57 Å². The molecule has 0 aliphatic carbocycles. The highest BCUT2D eigenvalue weighted by Gasteiger charge is 2.27. The van der Waals surface area contributed by atoms with Gasteiger partial charge in [0.2, 0.25) is 0 Å². The normalized spacial score (nSPS) is 12.4. The van der Waals surface area contributed by atoms with Crippen LogP contribution in [0.25, 0.3) is 11.2 Å². The lowest BCUT2D eigenvalue weighted by atomic mass is 10.1. The van der Waals surface area contributed by atoms with E-state index in [1.54, 1.807) is 0 Å². The Bertz CT molecular complexity index is 657. The van der Waals surface area contributed by atoms with E-state index in [0.717, 1.165) is 12.1 Å². The lowest BCUT2D eigenvalue weighted by molar-refractivity contribution is -0.581. The Morgan fingerprint density at radius 2 is 1.86 bits per heavy atom. The lowest BCUT2D eigenvalue weighted by Crippen LogP contribution is -2.35. The Balaban J connectivity index is 2.59. The Kier molecular flexibility index (Phi) is 5.64. The lowest BCUT2D eigenvalue weighted by Gasteiger charge is -2.09. The molecule has 0 saturated carbocycles. The zero-order valence-electron chi connectivity index (χ0n) is 11.9. The second-order valence-electron chi connectivity index (χ2n) is 4.67. The summed E-state index contributed by atoms with van der Waals surface area (Å²) in [7, 11) is 0. The Morgan fingerprint density at radius 3 is 2.38 bits per heavy atom. The molecule has 0 spiro atoms. The standard InChI is InChI=1S/C16H16Cl2NOP/c1-3-13-9-10-19(12(2)11-13)16(21(17)18)15(20)14-7-5-4-6-8-14/h4-11H,3H2,1-2H3/p+1/b16-15+. The van der Waals surface area contributed by atoms with Gasteiger partial charge in [0.25, 0.3) is 5.44 Å². The molecule has 0 amide bonds. The number of hydrogen-bond acceptors (Lipinski definition) is 1. The third-order valence-corrected chi connectivity index (χ3v) is 4.98. The van der Waals surface area contributed by atoms with E-state index < -0.39 is 6.63 Å². The third kappa shape index (κ3) is 3.77. The number of hydrogen-bond donors (Lipinski definition) is 1. The van der Waals surface area contributed by atoms with E-state index in [1.165, 1.54) is 5.56 Å². The van der Waals surface area contributed by atoms with E-state index >= 15 is 0 Å². The molecule has 1 aromatic carbocycles. The van der Waals surface area contributed by atoms with Crippen molar-refractivity contribution in [1.82, 2.24) is 0 Å². The van der Waals surface area contributed by atoms with Gasteiger partial charge in [-0.1, -0.05) is 59.7 Å². The van der Waals surface area contributed by atoms with Crippen molar-refractivity contribution in [2.45, 2.75) is 20.3 Å². The van der Waals surface area contributed by atoms with Crippen molar-refractivity contribution in [2.75, 3.05) is 0 Å². The fourth-order valence-corrected chi connectivity index (χ4v) is 3.78. The van der Waals surface area contributed by atoms with E-state index in [-0.39, 0.29) is 5.76 Å². The maximum Gasteiger partial charge on any atom is 0.281 e. The smallest absolute Gasteiger partial charge is 0.281 e. The van der Waals surface area contributed by atoms with Gasteiger partial charge in [-0.2, -0.15) is 4.57 Å². The number of nitrogens with zero attached hydrogens (tertiary/aromatic N) is 1. The third-order valence-electron chi connectivity index (χ3n) is 3.27. The first-order chi connectivity index (χ1) is 10.0. The monoisotopic (exact) mass is 340 g/mol. The van der Waals surface area contributed by atoms with E-state index in [0.29, 0.717) is 11.0 Å². The first kappa shape index (κ1) is 16.3. The molecule has 0 aliphatic heterocycles. The van der Waals surface area contributed by atoms with Gasteiger partial charge in [0.05, 0.1) is 0 Å². The minimum atomic E-state index is -1.50. The molecule has 21 heavy (non-hydrogen) atoms. The Hall–Kier alpha value is -1.08. The van der Waals surface area contributed by atoms with Gasteiger partial charge in [0, 0.05) is 24.6 Å². The van der Waals surface area contributed by atoms with E-state index in [9.17, 15) is 5.11 Å². The molecule has 0 aliphatic rings. The van der Waals surface area contributed by atoms with Gasteiger partial charge in [-0.15, -0.1) is 0 Å². The van der Waals surface area contributed by atoms with E-state index in [2.05, 4.69) is 13.0 Å². The zero-order chi connectivity index (χ0) is 15.4. The molecule has 0 fully saturated rings. The van der Waals surface area contributed by atoms with Crippen LogP contribution in [0.4, 0.5) is 0 Å². The summed E-state index contributed by atoms with van der Waals surface area (Å²) in [6.45, 7) is 2.58. The predicted molar refractivity (Wildman–Crippen MR) is 91.6 cm³/mol. The summed E-state index contributed by atoms with van der Waals surface area (Å²) in [4.78, 5) is 0. The quantitative estimate of drug-likeness (QED) is 0.445. The Morgan fingerprint density at radius 1 is 1.19 bits per heavy atom. The zero-order valence-corrected chi connectivity index (χ0v) is 14.3. The second kappa shape index (κ2) is 7.26. The largest absolute Gasteiger partial charge is 0.502 e. The SMILES string of the molecule is CCc1cc[n+](/C(=C(\O)c2ccccc2)P(Cl)Cl)c(C)c1. The van der Waals surface area contributed by atoms with Crippen LogP contribution in [0.15, 0.2) is 48.7 Å². The van der Waals surface area contributed by atoms with Gasteiger partial charge in [-0.05, 0) is 12.0 Å². The summed E-state index contributed by atoms with van der Waals surface area (Å²) in [5.41, 5.74) is 3.45. The minimum absolute atomic E-state index is 0.115. The van der Waals surface area contributed by atoms with Crippen molar-refractivity contribution in [1.29, 1.82) is 0 Å². The van der Waals surface area contributed by atoms with E-state index in [4.69, 9.17) is 22.5 Å². The van der Waals surface area contributed by atoms with Crippen molar-refractivity contribution in [3.63, 3.8) is 0 Å². The molecule has 110 valence electrons. The molecule has 2 rings (SSSR count). The molecule has 2 aromatic rings. The number of rotatable bonds is 4. The second-order valence-corrected chi connectivity index (χ2v) is 8.11. The summed E-state index contributed by atoms with van der Waals surface area (Å²) < 4.78 is 1.85. The summed E-state index contributed by atoms with van der Waals surface area (Å²) in [5.74, 6) is 0.115. The molecule has 0 bridgehead atoms. The van der Waals surface area contributed by atoms with Crippen LogP contribution in [0.2, 0.25) is 0 Å². The van der Waals surface area contributed by atoms with Gasteiger partial charge in [-0.3, -0.25) is 0 Å². The molecule has 1 heterocycles. The van der Waals surface area contributed by atoms with Crippen LogP contribution >= 0.6 is 29.1 Å². The van der Waals surface area contributed by atoms with Gasteiger partial charge >= 0.3 is 0 Å². The van der Waals surface area contributed by atoms with Crippen LogP contribution in [0, 0.1) is 6.92 Å². The topological polar surface area (TPSA) is 24.1 Å². The van der Waals surface area contributed by atoms with Crippen LogP contribution in [-0.4, -0.2) is 5.11 Å². The number of pyridine rings is 1. The number of halogens is 2. The fourth-order valence-electron chi connectivity index (χ4n) is 2.13. The number of benzene rings is 1. The van der Waals surface area contributed by atoms with Gasteiger partial charge in [0.1, 0.15) is 0 Å².